The maximum Gasteiger partial charge on any atom is 0.254 e. The van der Waals surface area contributed by atoms with E-state index in [2.05, 4.69) is 31.0 Å². The van der Waals surface area contributed by atoms with E-state index in [4.69, 9.17) is 5.73 Å². The van der Waals surface area contributed by atoms with Crippen LogP contribution >= 0.6 is 0 Å². The highest BCUT2D eigenvalue weighted by molar-refractivity contribution is 5.94. The van der Waals surface area contributed by atoms with E-state index in [1.807, 2.05) is 0 Å². The van der Waals surface area contributed by atoms with Gasteiger partial charge in [0.15, 0.2) is 0 Å². The summed E-state index contributed by atoms with van der Waals surface area (Å²) in [6.07, 6.45) is 0.861. The molecule has 0 aromatic heterocycles. The quantitative estimate of drug-likeness (QED) is 0.814. The van der Waals surface area contributed by atoms with Crippen LogP contribution in [0.2, 0.25) is 0 Å². The summed E-state index contributed by atoms with van der Waals surface area (Å²) in [5.74, 6) is 4.99. The van der Waals surface area contributed by atoms with Crippen molar-refractivity contribution in [2.75, 3.05) is 13.1 Å². The van der Waals surface area contributed by atoms with Crippen molar-refractivity contribution in [1.82, 2.24) is 5.32 Å². The Morgan fingerprint density at radius 1 is 1.47 bits per heavy atom. The fourth-order valence-electron chi connectivity index (χ4n) is 1.50. The zero-order valence-corrected chi connectivity index (χ0v) is 11.3. The van der Waals surface area contributed by atoms with Crippen molar-refractivity contribution in [3.8, 4) is 11.8 Å². The number of amides is 1. The third-order valence-corrected chi connectivity index (χ3v) is 2.55. The Balaban J connectivity index is 2.78. The molecule has 19 heavy (non-hydrogen) atoms. The van der Waals surface area contributed by atoms with Crippen LogP contribution in [0.4, 0.5) is 4.39 Å². The number of nitrogens with two attached hydrogens (primary N) is 1. The molecule has 0 aliphatic carbocycles. The lowest BCUT2D eigenvalue weighted by Gasteiger charge is -2.08. The van der Waals surface area contributed by atoms with E-state index in [0.717, 1.165) is 6.42 Å². The maximum atomic E-state index is 13.6. The van der Waals surface area contributed by atoms with Crippen LogP contribution in [0.3, 0.4) is 0 Å². The van der Waals surface area contributed by atoms with Crippen LogP contribution in [0, 0.1) is 23.6 Å². The van der Waals surface area contributed by atoms with Gasteiger partial charge in [0.05, 0.1) is 12.1 Å². The van der Waals surface area contributed by atoms with Gasteiger partial charge in [0, 0.05) is 12.1 Å². The van der Waals surface area contributed by atoms with Crippen molar-refractivity contribution >= 4 is 5.91 Å². The average Bonchev–Trinajstić information content (AvgIpc) is 2.37. The van der Waals surface area contributed by atoms with Gasteiger partial charge in [0.25, 0.3) is 5.91 Å². The monoisotopic (exact) mass is 262 g/mol. The third kappa shape index (κ3) is 5.11. The Labute approximate surface area is 113 Å². The van der Waals surface area contributed by atoms with Crippen molar-refractivity contribution in [1.29, 1.82) is 0 Å². The smallest absolute Gasteiger partial charge is 0.254 e. The first-order valence-electron chi connectivity index (χ1n) is 6.31. The summed E-state index contributed by atoms with van der Waals surface area (Å²) in [5, 5.41) is 2.70. The fourth-order valence-corrected chi connectivity index (χ4v) is 1.50. The molecule has 1 amide bonds. The van der Waals surface area contributed by atoms with Gasteiger partial charge in [0.1, 0.15) is 5.82 Å². The van der Waals surface area contributed by atoms with Crippen LogP contribution in [-0.2, 0) is 0 Å². The minimum Gasteiger partial charge on any atom is -0.352 e. The molecule has 1 rings (SSSR count). The molecule has 0 spiro atoms. The van der Waals surface area contributed by atoms with Gasteiger partial charge in [-0.15, -0.1) is 0 Å². The summed E-state index contributed by atoms with van der Waals surface area (Å²) in [6.45, 7) is 4.90. The molecule has 1 aromatic carbocycles. The lowest BCUT2D eigenvalue weighted by atomic mass is 10.1. The molecule has 0 unspecified atom stereocenters. The van der Waals surface area contributed by atoms with E-state index in [1.165, 1.54) is 18.2 Å². The van der Waals surface area contributed by atoms with Crippen molar-refractivity contribution < 1.29 is 9.18 Å². The molecule has 0 aliphatic heterocycles. The van der Waals surface area contributed by atoms with Gasteiger partial charge in [-0.3, -0.25) is 4.79 Å². The Hall–Kier alpha value is -1.86. The Kier molecular flexibility index (Phi) is 6.04. The third-order valence-electron chi connectivity index (χ3n) is 2.55. The van der Waals surface area contributed by atoms with Gasteiger partial charge in [-0.25, -0.2) is 4.39 Å². The van der Waals surface area contributed by atoms with E-state index in [9.17, 15) is 9.18 Å². The minimum atomic E-state index is -0.541. The molecule has 102 valence electrons. The van der Waals surface area contributed by atoms with Gasteiger partial charge < -0.3 is 11.1 Å². The predicted molar refractivity (Wildman–Crippen MR) is 74.1 cm³/mol. The summed E-state index contributed by atoms with van der Waals surface area (Å²) in [4.78, 5) is 11.8. The second-order valence-electron chi connectivity index (χ2n) is 4.64. The van der Waals surface area contributed by atoms with Crippen LogP contribution in [0.25, 0.3) is 0 Å². The summed E-state index contributed by atoms with van der Waals surface area (Å²) in [6, 6.07) is 4.23. The number of carbonyl (C=O) groups excluding carboxylic acids is 1. The van der Waals surface area contributed by atoms with E-state index < -0.39 is 11.7 Å². The first-order valence-corrected chi connectivity index (χ1v) is 6.31. The molecule has 0 atom stereocenters. The summed E-state index contributed by atoms with van der Waals surface area (Å²) in [5.41, 5.74) is 5.88. The number of benzene rings is 1. The molecule has 3 N–H and O–H groups in total. The second-order valence-corrected chi connectivity index (χ2v) is 4.64. The summed E-state index contributed by atoms with van der Waals surface area (Å²) in [7, 11) is 0. The highest BCUT2D eigenvalue weighted by Gasteiger charge is 2.11. The molecule has 0 bridgehead atoms. The SMILES string of the molecule is CC(C)CCNC(=O)c1cc(C#CCN)ccc1F. The molecule has 4 heteroatoms. The number of rotatable bonds is 4. The number of hydrogen-bond acceptors (Lipinski definition) is 2. The standard InChI is InChI=1S/C15H19FN2O/c1-11(2)7-9-18-15(19)13-10-12(4-3-8-17)5-6-14(13)16/h5-6,10-11H,7-9,17H2,1-2H3,(H,18,19). The molecule has 3 nitrogen and oxygen atoms in total. The molecular formula is C15H19FN2O. The topological polar surface area (TPSA) is 55.1 Å². The van der Waals surface area contributed by atoms with Gasteiger partial charge >= 0.3 is 0 Å². The van der Waals surface area contributed by atoms with E-state index in [0.29, 0.717) is 18.0 Å². The van der Waals surface area contributed by atoms with Gasteiger partial charge in [-0.05, 0) is 30.5 Å². The molecule has 0 saturated carbocycles. The van der Waals surface area contributed by atoms with Gasteiger partial charge in [-0.2, -0.15) is 0 Å². The Bertz CT molecular complexity index is 501. The van der Waals surface area contributed by atoms with Crippen molar-refractivity contribution in [3.05, 3.63) is 35.1 Å². The fraction of sp³-hybridized carbons (Fsp3) is 0.400. The zero-order chi connectivity index (χ0) is 14.3. The molecule has 0 aliphatic rings. The van der Waals surface area contributed by atoms with E-state index in [-0.39, 0.29) is 12.1 Å². The summed E-state index contributed by atoms with van der Waals surface area (Å²) < 4.78 is 13.6. The second kappa shape index (κ2) is 7.55. The highest BCUT2D eigenvalue weighted by atomic mass is 19.1. The van der Waals surface area contributed by atoms with Crippen LogP contribution in [-0.4, -0.2) is 19.0 Å². The van der Waals surface area contributed by atoms with E-state index in [1.54, 1.807) is 0 Å². The lowest BCUT2D eigenvalue weighted by molar-refractivity contribution is 0.0948. The summed E-state index contributed by atoms with van der Waals surface area (Å²) >= 11 is 0. The number of carbonyl (C=O) groups is 1. The molecule has 0 heterocycles. The molecule has 0 saturated heterocycles. The first kappa shape index (κ1) is 15.2. The highest BCUT2D eigenvalue weighted by Crippen LogP contribution is 2.10. The molecular weight excluding hydrogens is 243 g/mol. The largest absolute Gasteiger partial charge is 0.352 e. The number of halogens is 1. The zero-order valence-electron chi connectivity index (χ0n) is 11.3. The van der Waals surface area contributed by atoms with Crippen LogP contribution in [0.1, 0.15) is 36.2 Å². The van der Waals surface area contributed by atoms with Gasteiger partial charge in [0.2, 0.25) is 0 Å². The van der Waals surface area contributed by atoms with Crippen molar-refractivity contribution in [2.45, 2.75) is 20.3 Å². The molecule has 0 radical (unpaired) electrons. The van der Waals surface area contributed by atoms with Crippen LogP contribution < -0.4 is 11.1 Å². The van der Waals surface area contributed by atoms with Crippen molar-refractivity contribution in [3.63, 3.8) is 0 Å². The van der Waals surface area contributed by atoms with Crippen LogP contribution in [0.15, 0.2) is 18.2 Å². The Morgan fingerprint density at radius 3 is 2.84 bits per heavy atom. The Morgan fingerprint density at radius 2 is 2.21 bits per heavy atom. The number of hydrogen-bond donors (Lipinski definition) is 2. The first-order chi connectivity index (χ1) is 9.04. The normalized spacial score (nSPS) is 9.95. The number of nitrogens with one attached hydrogen (secondary N) is 1. The molecule has 1 aromatic rings. The minimum absolute atomic E-state index is 0.0209. The van der Waals surface area contributed by atoms with Crippen molar-refractivity contribution in [2.24, 2.45) is 11.7 Å². The average molecular weight is 262 g/mol. The predicted octanol–water partition coefficient (Wildman–Crippen LogP) is 1.91. The molecule has 0 fully saturated rings. The van der Waals surface area contributed by atoms with E-state index >= 15 is 0 Å². The lowest BCUT2D eigenvalue weighted by Crippen LogP contribution is -2.26. The van der Waals surface area contributed by atoms with Gasteiger partial charge in [-0.1, -0.05) is 25.7 Å². The maximum absolute atomic E-state index is 13.6. The van der Waals surface area contributed by atoms with Crippen LogP contribution in [0.5, 0.6) is 0 Å².